The fourth-order valence-corrected chi connectivity index (χ4v) is 2.84. The molecule has 2 aromatic heterocycles. The molecule has 0 amide bonds. The molecule has 0 aliphatic carbocycles. The van der Waals surface area contributed by atoms with E-state index in [1.807, 2.05) is 6.92 Å². The number of aryl methyl sites for hydroxylation is 2. The lowest BCUT2D eigenvalue weighted by Crippen LogP contribution is -2.09. The summed E-state index contributed by atoms with van der Waals surface area (Å²) in [4.78, 5) is 12.0. The van der Waals surface area contributed by atoms with Crippen molar-refractivity contribution in [3.8, 4) is 5.69 Å². The first-order valence-corrected chi connectivity index (χ1v) is 8.98. The third-order valence-electron chi connectivity index (χ3n) is 3.89. The number of aromatic nitrogens is 6. The van der Waals surface area contributed by atoms with Gasteiger partial charge in [-0.15, -0.1) is 5.10 Å². The Labute approximate surface area is 165 Å². The Morgan fingerprint density at radius 2 is 2.07 bits per heavy atom. The van der Waals surface area contributed by atoms with Gasteiger partial charge in [0.25, 0.3) is 0 Å². The van der Waals surface area contributed by atoms with Gasteiger partial charge in [-0.1, -0.05) is 18.5 Å². The van der Waals surface area contributed by atoms with Crippen LogP contribution in [-0.4, -0.2) is 36.0 Å². The zero-order valence-electron chi connectivity index (χ0n) is 15.3. The highest BCUT2D eigenvalue weighted by Crippen LogP contribution is 2.24. The second kappa shape index (κ2) is 8.75. The number of esters is 1. The van der Waals surface area contributed by atoms with Crippen LogP contribution in [0.15, 0.2) is 30.3 Å². The van der Waals surface area contributed by atoms with Gasteiger partial charge < -0.3 is 4.74 Å². The van der Waals surface area contributed by atoms with Crippen LogP contribution in [0.2, 0.25) is 5.15 Å². The Morgan fingerprint density at radius 3 is 2.79 bits per heavy atom. The van der Waals surface area contributed by atoms with Gasteiger partial charge in [0, 0.05) is 18.2 Å². The lowest BCUT2D eigenvalue weighted by molar-refractivity contribution is -0.139. The van der Waals surface area contributed by atoms with Crippen molar-refractivity contribution in [3.05, 3.63) is 58.4 Å². The van der Waals surface area contributed by atoms with Gasteiger partial charge in [-0.3, -0.25) is 0 Å². The van der Waals surface area contributed by atoms with E-state index < -0.39 is 5.97 Å². The molecule has 0 saturated heterocycles. The minimum absolute atomic E-state index is 0.0300. The van der Waals surface area contributed by atoms with Gasteiger partial charge in [0.2, 0.25) is 0 Å². The van der Waals surface area contributed by atoms with E-state index in [2.05, 4.69) is 20.6 Å². The standard InChI is InChI=1S/C18H18ClFN6O2/c1-3-10-25-16(21-23-24-25)11-28-17(27)9-8-15-12(2)22-26(18(15)19)14-6-4-13(20)5-7-14/h4-9H,3,10-11H2,1-2H3/b9-8+. The average molecular weight is 405 g/mol. The lowest BCUT2D eigenvalue weighted by atomic mass is 10.2. The Bertz CT molecular complexity index is 996. The number of hydrogen-bond acceptors (Lipinski definition) is 6. The molecule has 0 unspecified atom stereocenters. The number of carbonyl (C=O) groups is 1. The smallest absolute Gasteiger partial charge is 0.331 e. The summed E-state index contributed by atoms with van der Waals surface area (Å²) in [6.07, 6.45) is 3.66. The van der Waals surface area contributed by atoms with Gasteiger partial charge in [0.15, 0.2) is 12.4 Å². The Balaban J connectivity index is 1.69. The summed E-state index contributed by atoms with van der Waals surface area (Å²) < 4.78 is 21.3. The maximum atomic E-state index is 13.1. The molecular weight excluding hydrogens is 387 g/mol. The first-order valence-electron chi connectivity index (χ1n) is 8.60. The van der Waals surface area contributed by atoms with Crippen molar-refractivity contribution in [1.29, 1.82) is 0 Å². The van der Waals surface area contributed by atoms with E-state index in [9.17, 15) is 9.18 Å². The summed E-state index contributed by atoms with van der Waals surface area (Å²) in [5.41, 5.74) is 1.79. The summed E-state index contributed by atoms with van der Waals surface area (Å²) in [6.45, 7) is 4.37. The van der Waals surface area contributed by atoms with Crippen LogP contribution in [0.1, 0.15) is 30.4 Å². The normalized spacial score (nSPS) is 11.3. The molecule has 0 aliphatic heterocycles. The highest BCUT2D eigenvalue weighted by molar-refractivity contribution is 6.31. The fraction of sp³-hybridized carbons (Fsp3) is 0.278. The molecule has 146 valence electrons. The van der Waals surface area contributed by atoms with Gasteiger partial charge in [0.05, 0.1) is 11.4 Å². The average Bonchev–Trinajstić information content (AvgIpc) is 3.23. The molecule has 0 spiro atoms. The van der Waals surface area contributed by atoms with Crippen LogP contribution < -0.4 is 0 Å². The molecule has 3 rings (SSSR count). The van der Waals surface area contributed by atoms with Crippen molar-refractivity contribution < 1.29 is 13.9 Å². The summed E-state index contributed by atoms with van der Waals surface area (Å²) in [6, 6.07) is 5.77. The predicted molar refractivity (Wildman–Crippen MR) is 100 cm³/mol. The number of carbonyl (C=O) groups excluding carboxylic acids is 1. The molecule has 0 atom stereocenters. The van der Waals surface area contributed by atoms with Gasteiger partial charge >= 0.3 is 5.97 Å². The molecule has 0 N–H and O–H groups in total. The Kier molecular flexibility index (Phi) is 6.15. The van der Waals surface area contributed by atoms with Crippen molar-refractivity contribution in [2.75, 3.05) is 0 Å². The zero-order valence-corrected chi connectivity index (χ0v) is 16.1. The van der Waals surface area contributed by atoms with Crippen molar-refractivity contribution in [1.82, 2.24) is 30.0 Å². The van der Waals surface area contributed by atoms with E-state index in [0.717, 1.165) is 6.42 Å². The molecule has 0 bridgehead atoms. The number of nitrogens with zero attached hydrogens (tertiary/aromatic N) is 6. The summed E-state index contributed by atoms with van der Waals surface area (Å²) in [5, 5.41) is 15.9. The van der Waals surface area contributed by atoms with E-state index in [0.29, 0.717) is 34.5 Å². The first-order chi connectivity index (χ1) is 13.5. The van der Waals surface area contributed by atoms with Crippen LogP contribution in [0.25, 0.3) is 11.8 Å². The van der Waals surface area contributed by atoms with E-state index in [4.69, 9.17) is 16.3 Å². The Morgan fingerprint density at radius 1 is 1.32 bits per heavy atom. The van der Waals surface area contributed by atoms with Crippen LogP contribution in [0.3, 0.4) is 0 Å². The van der Waals surface area contributed by atoms with Gasteiger partial charge in [0.1, 0.15) is 11.0 Å². The molecule has 28 heavy (non-hydrogen) atoms. The van der Waals surface area contributed by atoms with Crippen molar-refractivity contribution in [3.63, 3.8) is 0 Å². The number of hydrogen-bond donors (Lipinski definition) is 0. The van der Waals surface area contributed by atoms with Gasteiger partial charge in [-0.05, 0) is 54.1 Å². The third kappa shape index (κ3) is 4.42. The number of ether oxygens (including phenoxy) is 1. The summed E-state index contributed by atoms with van der Waals surface area (Å²) in [5.74, 6) is -0.436. The van der Waals surface area contributed by atoms with Gasteiger partial charge in [-0.2, -0.15) is 5.10 Å². The topological polar surface area (TPSA) is 87.7 Å². The molecule has 0 radical (unpaired) electrons. The lowest BCUT2D eigenvalue weighted by Gasteiger charge is -2.03. The molecule has 1 aromatic carbocycles. The fourth-order valence-electron chi connectivity index (χ4n) is 2.50. The van der Waals surface area contributed by atoms with Crippen LogP contribution in [0, 0.1) is 12.7 Å². The molecule has 0 saturated carbocycles. The number of tetrazole rings is 1. The molecule has 10 heteroatoms. The minimum atomic E-state index is -0.559. The molecule has 8 nitrogen and oxygen atoms in total. The van der Waals surface area contributed by atoms with Crippen LogP contribution in [0.5, 0.6) is 0 Å². The van der Waals surface area contributed by atoms with Crippen LogP contribution >= 0.6 is 11.6 Å². The van der Waals surface area contributed by atoms with E-state index in [-0.39, 0.29) is 12.4 Å². The second-order valence-electron chi connectivity index (χ2n) is 5.94. The van der Waals surface area contributed by atoms with Crippen LogP contribution in [-0.2, 0) is 22.7 Å². The summed E-state index contributed by atoms with van der Waals surface area (Å²) in [7, 11) is 0. The minimum Gasteiger partial charge on any atom is -0.454 e. The van der Waals surface area contributed by atoms with Crippen molar-refractivity contribution >= 4 is 23.6 Å². The maximum absolute atomic E-state index is 13.1. The summed E-state index contributed by atoms with van der Waals surface area (Å²) >= 11 is 6.37. The SMILES string of the molecule is CCCn1nnnc1COC(=O)/C=C/c1c(C)nn(-c2ccc(F)cc2)c1Cl. The van der Waals surface area contributed by atoms with E-state index in [1.54, 1.807) is 23.7 Å². The Hall–Kier alpha value is -3.07. The monoisotopic (exact) mass is 404 g/mol. The van der Waals surface area contributed by atoms with Gasteiger partial charge in [-0.25, -0.2) is 18.5 Å². The van der Waals surface area contributed by atoms with Crippen molar-refractivity contribution in [2.45, 2.75) is 33.4 Å². The predicted octanol–water partition coefficient (Wildman–Crippen LogP) is 3.13. The van der Waals surface area contributed by atoms with E-state index >= 15 is 0 Å². The molecular formula is C18H18ClFN6O2. The number of benzene rings is 1. The molecule has 0 aliphatic rings. The maximum Gasteiger partial charge on any atom is 0.331 e. The van der Waals surface area contributed by atoms with E-state index in [1.165, 1.54) is 29.0 Å². The number of halogens is 2. The highest BCUT2D eigenvalue weighted by atomic mass is 35.5. The largest absolute Gasteiger partial charge is 0.454 e. The zero-order chi connectivity index (χ0) is 20.1. The van der Waals surface area contributed by atoms with Crippen LogP contribution in [0.4, 0.5) is 4.39 Å². The number of rotatable bonds is 7. The molecule has 3 aromatic rings. The highest BCUT2D eigenvalue weighted by Gasteiger charge is 2.13. The molecule has 0 fully saturated rings. The third-order valence-corrected chi connectivity index (χ3v) is 4.25. The van der Waals surface area contributed by atoms with Crippen molar-refractivity contribution in [2.24, 2.45) is 0 Å². The molecule has 2 heterocycles. The first kappa shape index (κ1) is 19.7. The second-order valence-corrected chi connectivity index (χ2v) is 6.30. The quantitative estimate of drug-likeness (QED) is 0.444.